The number of aromatic nitrogens is 2. The van der Waals surface area contributed by atoms with Gasteiger partial charge in [0.05, 0.1) is 28.7 Å². The van der Waals surface area contributed by atoms with E-state index in [-0.39, 0.29) is 11.9 Å². The number of amides is 1. The first-order valence-corrected chi connectivity index (χ1v) is 10.3. The lowest BCUT2D eigenvalue weighted by atomic mass is 10.0. The lowest BCUT2D eigenvalue weighted by Crippen LogP contribution is -2.30. The largest absolute Gasteiger partial charge is 0.496 e. The molecule has 6 heteroatoms. The molecule has 0 aliphatic heterocycles. The summed E-state index contributed by atoms with van der Waals surface area (Å²) in [6, 6.07) is 13.7. The molecule has 0 aliphatic rings. The lowest BCUT2D eigenvalue weighted by molar-refractivity contribution is -0.122. The summed E-state index contributed by atoms with van der Waals surface area (Å²) in [6.45, 7) is 4.30. The summed E-state index contributed by atoms with van der Waals surface area (Å²) in [6.07, 6.45) is 1.93. The quantitative estimate of drug-likeness (QED) is 0.504. The number of rotatable bonds is 8. The van der Waals surface area contributed by atoms with Crippen LogP contribution < -0.4 is 10.1 Å². The van der Waals surface area contributed by atoms with E-state index < -0.39 is 0 Å². The van der Waals surface area contributed by atoms with Gasteiger partial charge < -0.3 is 15.0 Å². The van der Waals surface area contributed by atoms with Crippen molar-refractivity contribution in [2.75, 3.05) is 7.11 Å². The van der Waals surface area contributed by atoms with Gasteiger partial charge in [-0.15, -0.1) is 0 Å². The maximum atomic E-state index is 12.6. The molecule has 3 rings (SSSR count). The molecule has 1 atom stereocenters. The van der Waals surface area contributed by atoms with E-state index >= 15 is 0 Å². The fraction of sp³-hybridized carbons (Fsp3) is 0.364. The summed E-state index contributed by atoms with van der Waals surface area (Å²) >= 11 is 3.49. The number of carbonyl (C=O) groups is 1. The Morgan fingerprint density at radius 2 is 2.04 bits per heavy atom. The number of ether oxygens (including phenoxy) is 1. The van der Waals surface area contributed by atoms with Crippen molar-refractivity contribution in [1.82, 2.24) is 15.3 Å². The number of H-pyrrole nitrogens is 1. The topological polar surface area (TPSA) is 67.0 Å². The number of nitrogens with one attached hydrogen (secondary N) is 2. The van der Waals surface area contributed by atoms with Gasteiger partial charge in [0, 0.05) is 6.42 Å². The SMILES string of the molecule is COc1ccc(CCC(=O)NC(CC(C)C)c2nc3ccccc3[nH]2)cc1Br. The van der Waals surface area contributed by atoms with Gasteiger partial charge in [-0.2, -0.15) is 0 Å². The molecule has 1 heterocycles. The number of imidazole rings is 1. The second-order valence-electron chi connectivity index (χ2n) is 7.36. The minimum absolute atomic E-state index is 0.0260. The number of carbonyl (C=O) groups excluding carboxylic acids is 1. The second-order valence-corrected chi connectivity index (χ2v) is 8.21. The van der Waals surface area contributed by atoms with Crippen molar-refractivity contribution in [3.05, 3.63) is 58.3 Å². The van der Waals surface area contributed by atoms with Gasteiger partial charge in [0.2, 0.25) is 5.91 Å². The highest BCUT2D eigenvalue weighted by atomic mass is 79.9. The molecular formula is C22H26BrN3O2. The zero-order valence-electron chi connectivity index (χ0n) is 16.5. The molecule has 2 aromatic carbocycles. The van der Waals surface area contributed by atoms with E-state index in [1.165, 1.54) is 0 Å². The van der Waals surface area contributed by atoms with Gasteiger partial charge >= 0.3 is 0 Å². The number of fused-ring (bicyclic) bond motifs is 1. The summed E-state index contributed by atoms with van der Waals surface area (Å²) in [5.74, 6) is 2.07. The Balaban J connectivity index is 1.66. The third kappa shape index (κ3) is 5.13. The molecule has 1 unspecified atom stereocenters. The molecular weight excluding hydrogens is 418 g/mol. The van der Waals surface area contributed by atoms with Crippen molar-refractivity contribution in [2.45, 2.75) is 39.2 Å². The van der Waals surface area contributed by atoms with Gasteiger partial charge in [-0.3, -0.25) is 4.79 Å². The second kappa shape index (κ2) is 9.24. The number of nitrogens with zero attached hydrogens (tertiary/aromatic N) is 1. The molecule has 1 amide bonds. The summed E-state index contributed by atoms with van der Waals surface area (Å²) in [5.41, 5.74) is 3.00. The molecule has 0 saturated carbocycles. The minimum atomic E-state index is -0.123. The van der Waals surface area contributed by atoms with Crippen LogP contribution in [0.2, 0.25) is 0 Å². The zero-order chi connectivity index (χ0) is 20.1. The van der Waals surface area contributed by atoms with Crippen LogP contribution in [0, 0.1) is 5.92 Å². The van der Waals surface area contributed by atoms with Crippen molar-refractivity contribution in [1.29, 1.82) is 0 Å². The van der Waals surface area contributed by atoms with Crippen LogP contribution in [0.5, 0.6) is 5.75 Å². The number of hydrogen-bond acceptors (Lipinski definition) is 3. The fourth-order valence-electron chi connectivity index (χ4n) is 3.24. The van der Waals surface area contributed by atoms with Crippen LogP contribution in [0.3, 0.4) is 0 Å². The minimum Gasteiger partial charge on any atom is -0.496 e. The van der Waals surface area contributed by atoms with Gasteiger partial charge in [0.1, 0.15) is 11.6 Å². The number of aromatic amines is 1. The van der Waals surface area contributed by atoms with Gasteiger partial charge in [0.15, 0.2) is 0 Å². The van der Waals surface area contributed by atoms with Gasteiger partial charge in [-0.1, -0.05) is 32.0 Å². The first-order chi connectivity index (χ1) is 13.5. The molecule has 5 nitrogen and oxygen atoms in total. The third-order valence-corrected chi connectivity index (χ3v) is 5.26. The molecule has 0 saturated heterocycles. The molecule has 0 bridgehead atoms. The number of methoxy groups -OCH3 is 1. The highest BCUT2D eigenvalue weighted by molar-refractivity contribution is 9.10. The number of halogens is 1. The van der Waals surface area contributed by atoms with E-state index in [9.17, 15) is 4.79 Å². The van der Waals surface area contributed by atoms with Crippen LogP contribution in [-0.4, -0.2) is 23.0 Å². The summed E-state index contributed by atoms with van der Waals surface area (Å²) < 4.78 is 6.15. The molecule has 3 aromatic rings. The third-order valence-electron chi connectivity index (χ3n) is 4.64. The highest BCUT2D eigenvalue weighted by Gasteiger charge is 2.19. The van der Waals surface area contributed by atoms with Gasteiger partial charge in [0.25, 0.3) is 0 Å². The Morgan fingerprint density at radius 3 is 2.71 bits per heavy atom. The monoisotopic (exact) mass is 443 g/mol. The van der Waals surface area contributed by atoms with Crippen LogP contribution in [0.1, 0.15) is 44.1 Å². The number of benzene rings is 2. The predicted molar refractivity (Wildman–Crippen MR) is 115 cm³/mol. The number of hydrogen-bond donors (Lipinski definition) is 2. The van der Waals surface area contributed by atoms with Crippen LogP contribution in [-0.2, 0) is 11.2 Å². The average Bonchev–Trinajstić information content (AvgIpc) is 3.10. The lowest BCUT2D eigenvalue weighted by Gasteiger charge is -2.19. The van der Waals surface area contributed by atoms with Crippen LogP contribution >= 0.6 is 15.9 Å². The molecule has 0 aliphatic carbocycles. The van der Waals surface area contributed by atoms with E-state index in [4.69, 9.17) is 4.74 Å². The molecule has 0 radical (unpaired) electrons. The van der Waals surface area contributed by atoms with E-state index in [2.05, 4.69) is 45.1 Å². The molecule has 1 aromatic heterocycles. The first-order valence-electron chi connectivity index (χ1n) is 9.52. The normalized spacial score (nSPS) is 12.3. The van der Waals surface area contributed by atoms with Gasteiger partial charge in [-0.25, -0.2) is 4.98 Å². The molecule has 0 spiro atoms. The highest BCUT2D eigenvalue weighted by Crippen LogP contribution is 2.26. The summed E-state index contributed by atoms with van der Waals surface area (Å²) in [7, 11) is 1.64. The molecule has 2 N–H and O–H groups in total. The maximum absolute atomic E-state index is 12.6. The van der Waals surface area contributed by atoms with E-state index in [1.807, 2.05) is 42.5 Å². The van der Waals surface area contributed by atoms with Crippen LogP contribution in [0.4, 0.5) is 0 Å². The van der Waals surface area contributed by atoms with E-state index in [0.717, 1.165) is 39.1 Å². The average molecular weight is 444 g/mol. The molecule has 0 fully saturated rings. The van der Waals surface area contributed by atoms with Crippen molar-refractivity contribution >= 4 is 32.9 Å². The van der Waals surface area contributed by atoms with Crippen LogP contribution in [0.15, 0.2) is 46.9 Å². The van der Waals surface area contributed by atoms with Crippen molar-refractivity contribution in [3.63, 3.8) is 0 Å². The Morgan fingerprint density at radius 1 is 1.25 bits per heavy atom. The molecule has 148 valence electrons. The smallest absolute Gasteiger partial charge is 0.220 e. The van der Waals surface area contributed by atoms with Crippen molar-refractivity contribution < 1.29 is 9.53 Å². The maximum Gasteiger partial charge on any atom is 0.220 e. The van der Waals surface area contributed by atoms with Crippen molar-refractivity contribution in [2.24, 2.45) is 5.92 Å². The Bertz CT molecular complexity index is 919. The Labute approximate surface area is 174 Å². The summed E-state index contributed by atoms with van der Waals surface area (Å²) in [5, 5.41) is 3.16. The van der Waals surface area contributed by atoms with E-state index in [1.54, 1.807) is 7.11 Å². The first kappa shape index (κ1) is 20.4. The molecule has 28 heavy (non-hydrogen) atoms. The Kier molecular flexibility index (Phi) is 6.73. The van der Waals surface area contributed by atoms with E-state index in [0.29, 0.717) is 18.8 Å². The number of para-hydroxylation sites is 2. The van der Waals surface area contributed by atoms with Crippen molar-refractivity contribution in [3.8, 4) is 5.75 Å². The number of aryl methyl sites for hydroxylation is 1. The van der Waals surface area contributed by atoms with Gasteiger partial charge in [-0.05, 0) is 64.5 Å². The standard InChI is InChI=1S/C22H26BrN3O2/c1-14(2)12-19(22-25-17-6-4-5-7-18(17)26-22)24-21(27)11-9-15-8-10-20(28-3)16(23)13-15/h4-8,10,13-14,19H,9,11-12H2,1-3H3,(H,24,27)(H,25,26). The predicted octanol–water partition coefficient (Wildman–Crippen LogP) is 5.17. The Hall–Kier alpha value is -2.34. The van der Waals surface area contributed by atoms with Crippen LogP contribution in [0.25, 0.3) is 11.0 Å². The summed E-state index contributed by atoms with van der Waals surface area (Å²) in [4.78, 5) is 20.6. The zero-order valence-corrected chi connectivity index (χ0v) is 18.0. The fourth-order valence-corrected chi connectivity index (χ4v) is 3.83.